The van der Waals surface area contributed by atoms with E-state index in [-0.39, 0.29) is 0 Å². The first-order chi connectivity index (χ1) is 7.61. The molecular formula is C9H7F4NS2. The van der Waals surface area contributed by atoms with Crippen LogP contribution in [0.2, 0.25) is 0 Å². The largest absolute Gasteiger partial charge is 0.252 e. The van der Waals surface area contributed by atoms with E-state index < -0.39 is 33.7 Å². The highest BCUT2D eigenvalue weighted by Gasteiger charge is 2.29. The Balaban J connectivity index is 2.45. The van der Waals surface area contributed by atoms with Crippen LogP contribution in [0, 0.1) is 23.5 Å². The van der Waals surface area contributed by atoms with Gasteiger partial charge in [0.05, 0.1) is 10.1 Å². The van der Waals surface area contributed by atoms with Crippen molar-refractivity contribution >= 4 is 23.5 Å². The lowest BCUT2D eigenvalue weighted by atomic mass is 10.2. The summed E-state index contributed by atoms with van der Waals surface area (Å²) in [4.78, 5) is 2.53. The lowest BCUT2D eigenvalue weighted by Crippen LogP contribution is -2.10. The highest BCUT2D eigenvalue weighted by molar-refractivity contribution is 8.16. The zero-order valence-electron chi connectivity index (χ0n) is 7.97. The van der Waals surface area contributed by atoms with Crippen LogP contribution in [-0.4, -0.2) is 16.5 Å². The van der Waals surface area contributed by atoms with Crippen LogP contribution in [0.3, 0.4) is 0 Å². The number of hydrogen-bond acceptors (Lipinski definition) is 3. The molecule has 1 aliphatic heterocycles. The van der Waals surface area contributed by atoms with E-state index in [0.717, 1.165) is 17.9 Å². The van der Waals surface area contributed by atoms with Gasteiger partial charge in [0.25, 0.3) is 11.9 Å². The number of aromatic nitrogens is 1. The summed E-state index contributed by atoms with van der Waals surface area (Å²) in [6, 6.07) is 0. The molecule has 0 amide bonds. The summed E-state index contributed by atoms with van der Waals surface area (Å²) in [6.07, 6.45) is 0.922. The van der Waals surface area contributed by atoms with Gasteiger partial charge in [0.2, 0.25) is 0 Å². The molecule has 88 valence electrons. The quantitative estimate of drug-likeness (QED) is 0.572. The van der Waals surface area contributed by atoms with Crippen molar-refractivity contribution in [3.8, 4) is 0 Å². The van der Waals surface area contributed by atoms with Gasteiger partial charge in [-0.2, -0.15) is 13.8 Å². The van der Waals surface area contributed by atoms with E-state index >= 15 is 0 Å². The van der Waals surface area contributed by atoms with Crippen molar-refractivity contribution in [2.24, 2.45) is 0 Å². The van der Waals surface area contributed by atoms with Crippen LogP contribution in [0.25, 0.3) is 0 Å². The lowest BCUT2D eigenvalue weighted by Gasteiger charge is -2.21. The first-order valence-electron chi connectivity index (χ1n) is 4.54. The third-order valence-electron chi connectivity index (χ3n) is 2.09. The molecule has 0 radical (unpaired) electrons. The molecule has 0 aliphatic carbocycles. The van der Waals surface area contributed by atoms with E-state index in [1.54, 1.807) is 0 Å². The highest BCUT2D eigenvalue weighted by atomic mass is 32.2. The van der Waals surface area contributed by atoms with Gasteiger partial charge in [-0.05, 0) is 17.9 Å². The van der Waals surface area contributed by atoms with E-state index in [4.69, 9.17) is 0 Å². The monoisotopic (exact) mass is 269 g/mol. The molecule has 2 heterocycles. The van der Waals surface area contributed by atoms with Gasteiger partial charge in [0.1, 0.15) is 0 Å². The number of halogens is 4. The molecule has 7 heteroatoms. The summed E-state index contributed by atoms with van der Waals surface area (Å²) < 4.78 is 51.8. The number of rotatable bonds is 1. The standard InChI is InChI=1S/C9H7F4NS2/c10-5-4(9-15-2-1-3-16-9)6(11)8(13)14-7(5)12/h9H,1-3H2. The second kappa shape index (κ2) is 4.83. The smallest absolute Gasteiger partial charge is 0.201 e. The first-order valence-corrected chi connectivity index (χ1v) is 6.64. The molecule has 1 aliphatic rings. The minimum Gasteiger partial charge on any atom is -0.201 e. The Hall–Kier alpha value is -0.430. The summed E-state index contributed by atoms with van der Waals surface area (Å²) in [7, 11) is 0. The van der Waals surface area contributed by atoms with Gasteiger partial charge in [0.15, 0.2) is 11.6 Å². The van der Waals surface area contributed by atoms with Crippen LogP contribution in [0.15, 0.2) is 0 Å². The Morgan fingerprint density at radius 1 is 0.938 bits per heavy atom. The van der Waals surface area contributed by atoms with E-state index in [1.807, 2.05) is 0 Å². The molecule has 1 fully saturated rings. The average Bonchev–Trinajstić information content (AvgIpc) is 2.28. The summed E-state index contributed by atoms with van der Waals surface area (Å²) in [5, 5.41) is 0. The molecular weight excluding hydrogens is 262 g/mol. The van der Waals surface area contributed by atoms with Gasteiger partial charge in [-0.15, -0.1) is 23.5 Å². The predicted molar refractivity (Wildman–Crippen MR) is 56.3 cm³/mol. The first kappa shape index (κ1) is 12.0. The zero-order valence-corrected chi connectivity index (χ0v) is 9.61. The molecule has 0 N–H and O–H groups in total. The summed E-state index contributed by atoms with van der Waals surface area (Å²) in [6.45, 7) is 0. The van der Waals surface area contributed by atoms with Crippen LogP contribution in [-0.2, 0) is 0 Å². The van der Waals surface area contributed by atoms with Crippen molar-refractivity contribution in [2.75, 3.05) is 11.5 Å². The second-order valence-electron chi connectivity index (χ2n) is 3.16. The molecule has 0 unspecified atom stereocenters. The maximum atomic E-state index is 13.4. The van der Waals surface area contributed by atoms with Crippen molar-refractivity contribution in [1.29, 1.82) is 0 Å². The molecule has 1 aromatic heterocycles. The fraction of sp³-hybridized carbons (Fsp3) is 0.444. The summed E-state index contributed by atoms with van der Waals surface area (Å²) in [5.74, 6) is -4.48. The summed E-state index contributed by atoms with van der Waals surface area (Å²) >= 11 is 2.57. The fourth-order valence-electron chi connectivity index (χ4n) is 1.36. The van der Waals surface area contributed by atoms with E-state index in [9.17, 15) is 17.6 Å². The molecule has 0 spiro atoms. The fourth-order valence-corrected chi connectivity index (χ4v) is 4.31. The Bertz CT molecular complexity index is 381. The molecule has 0 atom stereocenters. The molecule has 0 saturated carbocycles. The van der Waals surface area contributed by atoms with E-state index in [2.05, 4.69) is 4.98 Å². The minimum absolute atomic E-state index is 0.542. The number of hydrogen-bond donors (Lipinski definition) is 0. The van der Waals surface area contributed by atoms with Crippen LogP contribution in [0.5, 0.6) is 0 Å². The van der Waals surface area contributed by atoms with Crippen molar-refractivity contribution in [3.05, 3.63) is 29.1 Å². The molecule has 1 saturated heterocycles. The van der Waals surface area contributed by atoms with Crippen LogP contribution < -0.4 is 0 Å². The molecule has 0 aromatic carbocycles. The Morgan fingerprint density at radius 2 is 1.44 bits per heavy atom. The average molecular weight is 269 g/mol. The normalized spacial score (nSPS) is 17.8. The highest BCUT2D eigenvalue weighted by Crippen LogP contribution is 2.45. The molecule has 16 heavy (non-hydrogen) atoms. The van der Waals surface area contributed by atoms with E-state index in [0.29, 0.717) is 0 Å². The van der Waals surface area contributed by atoms with Gasteiger partial charge in [0, 0.05) is 0 Å². The van der Waals surface area contributed by atoms with Gasteiger partial charge in [-0.25, -0.2) is 8.78 Å². The Labute approximate surface area is 98.0 Å². The SMILES string of the molecule is Fc1nc(F)c(F)c(C2SCCCS2)c1F. The topological polar surface area (TPSA) is 12.9 Å². The van der Waals surface area contributed by atoms with Crippen molar-refractivity contribution in [3.63, 3.8) is 0 Å². The number of nitrogens with zero attached hydrogens (tertiary/aromatic N) is 1. The molecule has 1 aromatic rings. The van der Waals surface area contributed by atoms with Gasteiger partial charge in [-0.1, -0.05) is 0 Å². The minimum atomic E-state index is -1.58. The second-order valence-corrected chi connectivity index (χ2v) is 5.89. The predicted octanol–water partition coefficient (Wildman–Crippen LogP) is 3.51. The lowest BCUT2D eigenvalue weighted by molar-refractivity contribution is 0.398. The maximum absolute atomic E-state index is 13.4. The van der Waals surface area contributed by atoms with Gasteiger partial charge < -0.3 is 0 Å². The van der Waals surface area contributed by atoms with Gasteiger partial charge >= 0.3 is 0 Å². The van der Waals surface area contributed by atoms with Crippen molar-refractivity contribution in [2.45, 2.75) is 11.0 Å². The molecule has 1 nitrogen and oxygen atoms in total. The van der Waals surface area contributed by atoms with Crippen molar-refractivity contribution < 1.29 is 17.6 Å². The van der Waals surface area contributed by atoms with Crippen LogP contribution >= 0.6 is 23.5 Å². The number of thioether (sulfide) groups is 2. The third-order valence-corrected chi connectivity index (χ3v) is 5.04. The van der Waals surface area contributed by atoms with Crippen molar-refractivity contribution in [1.82, 2.24) is 4.98 Å². The summed E-state index contributed by atoms with van der Waals surface area (Å²) in [5.41, 5.74) is -0.542. The Morgan fingerprint density at radius 3 is 1.94 bits per heavy atom. The molecule has 0 bridgehead atoms. The van der Waals surface area contributed by atoms with E-state index in [1.165, 1.54) is 23.5 Å². The number of pyridine rings is 1. The van der Waals surface area contributed by atoms with Gasteiger partial charge in [-0.3, -0.25) is 0 Å². The zero-order chi connectivity index (χ0) is 11.7. The van der Waals surface area contributed by atoms with Crippen LogP contribution in [0.4, 0.5) is 17.6 Å². The maximum Gasteiger partial charge on any atom is 0.252 e. The van der Waals surface area contributed by atoms with Crippen LogP contribution in [0.1, 0.15) is 16.6 Å². The molecule has 2 rings (SSSR count). The Kier molecular flexibility index (Phi) is 3.63. The third kappa shape index (κ3) is 2.15.